The monoisotopic (exact) mass is 283 g/mol. The molecule has 20 heavy (non-hydrogen) atoms. The van der Waals surface area contributed by atoms with E-state index in [0.717, 1.165) is 19.3 Å². The van der Waals surface area contributed by atoms with Crippen LogP contribution in [0.25, 0.3) is 0 Å². The van der Waals surface area contributed by atoms with Crippen LogP contribution in [0.1, 0.15) is 32.6 Å². The third-order valence-electron chi connectivity index (χ3n) is 4.19. The van der Waals surface area contributed by atoms with Crippen molar-refractivity contribution in [1.82, 2.24) is 10.2 Å². The zero-order valence-electron chi connectivity index (χ0n) is 12.1. The minimum Gasteiger partial charge on any atom is -0.378 e. The van der Waals surface area contributed by atoms with Gasteiger partial charge in [-0.25, -0.2) is 0 Å². The number of hydrogen-bond donors (Lipinski definition) is 2. The molecule has 2 amide bonds. The summed E-state index contributed by atoms with van der Waals surface area (Å²) in [5.74, 6) is -0.0469. The maximum atomic E-state index is 12.4. The summed E-state index contributed by atoms with van der Waals surface area (Å²) in [7, 11) is 0. The molecule has 2 rings (SSSR count). The quantitative estimate of drug-likeness (QED) is 0.752. The lowest BCUT2D eigenvalue weighted by Crippen LogP contribution is -2.52. The molecule has 1 saturated carbocycles. The Balaban J connectivity index is 1.87. The van der Waals surface area contributed by atoms with E-state index in [0.29, 0.717) is 32.7 Å². The van der Waals surface area contributed by atoms with Crippen LogP contribution in [0.15, 0.2) is 0 Å². The van der Waals surface area contributed by atoms with Crippen LogP contribution in [-0.4, -0.2) is 55.1 Å². The van der Waals surface area contributed by atoms with Crippen LogP contribution < -0.4 is 11.1 Å². The molecule has 1 aliphatic carbocycles. The number of hydrogen-bond acceptors (Lipinski definition) is 4. The van der Waals surface area contributed by atoms with E-state index in [4.69, 9.17) is 10.5 Å². The molecule has 2 fully saturated rings. The number of nitrogens with two attached hydrogens (primary N) is 1. The Kier molecular flexibility index (Phi) is 5.37. The van der Waals surface area contributed by atoms with Crippen molar-refractivity contribution < 1.29 is 14.3 Å². The van der Waals surface area contributed by atoms with Crippen LogP contribution in [0.5, 0.6) is 0 Å². The van der Waals surface area contributed by atoms with Gasteiger partial charge >= 0.3 is 0 Å². The summed E-state index contributed by atoms with van der Waals surface area (Å²) < 4.78 is 5.24. The molecule has 1 heterocycles. The van der Waals surface area contributed by atoms with E-state index in [-0.39, 0.29) is 23.8 Å². The first-order chi connectivity index (χ1) is 9.61. The molecule has 114 valence electrons. The zero-order chi connectivity index (χ0) is 14.5. The van der Waals surface area contributed by atoms with Gasteiger partial charge in [-0.05, 0) is 25.7 Å². The molecule has 6 nitrogen and oxygen atoms in total. The number of nitrogens with zero attached hydrogens (tertiary/aromatic N) is 1. The molecule has 0 aromatic heterocycles. The third kappa shape index (κ3) is 3.70. The van der Waals surface area contributed by atoms with Gasteiger partial charge < -0.3 is 20.7 Å². The van der Waals surface area contributed by atoms with Gasteiger partial charge in [0.05, 0.1) is 13.2 Å². The van der Waals surface area contributed by atoms with Gasteiger partial charge in [0.25, 0.3) is 0 Å². The van der Waals surface area contributed by atoms with E-state index >= 15 is 0 Å². The number of amides is 2. The van der Waals surface area contributed by atoms with Crippen molar-refractivity contribution in [3.63, 3.8) is 0 Å². The number of carbonyl (C=O) groups excluding carboxylic acids is 2. The number of rotatable bonds is 4. The Labute approximate surface area is 120 Å². The van der Waals surface area contributed by atoms with Crippen molar-refractivity contribution in [2.24, 2.45) is 11.7 Å². The number of ether oxygens (including phenoxy) is 1. The molecule has 1 aliphatic heterocycles. The second kappa shape index (κ2) is 7.04. The third-order valence-corrected chi connectivity index (χ3v) is 4.19. The van der Waals surface area contributed by atoms with E-state index in [2.05, 4.69) is 5.32 Å². The predicted molar refractivity (Wildman–Crippen MR) is 74.9 cm³/mol. The van der Waals surface area contributed by atoms with Crippen LogP contribution in [0, 0.1) is 5.92 Å². The van der Waals surface area contributed by atoms with Crippen LogP contribution >= 0.6 is 0 Å². The lowest BCUT2D eigenvalue weighted by molar-refractivity contribution is -0.140. The molecule has 0 bridgehead atoms. The highest BCUT2D eigenvalue weighted by atomic mass is 16.5. The Morgan fingerprint density at radius 3 is 2.60 bits per heavy atom. The van der Waals surface area contributed by atoms with Crippen molar-refractivity contribution in [3.8, 4) is 0 Å². The summed E-state index contributed by atoms with van der Waals surface area (Å²) in [6.07, 6.45) is 3.07. The van der Waals surface area contributed by atoms with Crippen molar-refractivity contribution in [3.05, 3.63) is 0 Å². The highest BCUT2D eigenvalue weighted by molar-refractivity contribution is 5.88. The standard InChI is InChI=1S/C14H25N3O3/c1-2-12(14(19)17-5-7-20-8-6-17)16-13(18)10-3-4-11(15)9-10/h10-12H,2-9,15H2,1H3,(H,16,18). The molecule has 3 N–H and O–H groups in total. The summed E-state index contributed by atoms with van der Waals surface area (Å²) in [6.45, 7) is 4.30. The molecule has 6 heteroatoms. The van der Waals surface area contributed by atoms with Gasteiger partial charge in [-0.3, -0.25) is 9.59 Å². The van der Waals surface area contributed by atoms with Crippen LogP contribution in [0.3, 0.4) is 0 Å². The van der Waals surface area contributed by atoms with Crippen molar-refractivity contribution in [2.45, 2.75) is 44.7 Å². The average molecular weight is 283 g/mol. The van der Waals surface area contributed by atoms with Gasteiger partial charge in [-0.1, -0.05) is 6.92 Å². The first-order valence-corrected chi connectivity index (χ1v) is 7.54. The van der Waals surface area contributed by atoms with Crippen molar-refractivity contribution in [1.29, 1.82) is 0 Å². The van der Waals surface area contributed by atoms with Crippen molar-refractivity contribution >= 4 is 11.8 Å². The lowest BCUT2D eigenvalue weighted by Gasteiger charge is -2.30. The molecule has 2 aliphatic rings. The van der Waals surface area contributed by atoms with Crippen LogP contribution in [0.4, 0.5) is 0 Å². The van der Waals surface area contributed by atoms with Crippen LogP contribution in [0.2, 0.25) is 0 Å². The number of carbonyl (C=O) groups is 2. The maximum Gasteiger partial charge on any atom is 0.245 e. The minimum absolute atomic E-state index is 0.00597. The fraction of sp³-hybridized carbons (Fsp3) is 0.857. The summed E-state index contributed by atoms with van der Waals surface area (Å²) in [6, 6.07) is -0.293. The van der Waals surface area contributed by atoms with E-state index < -0.39 is 6.04 Å². The van der Waals surface area contributed by atoms with E-state index in [1.54, 1.807) is 4.90 Å². The van der Waals surface area contributed by atoms with Crippen LogP contribution in [-0.2, 0) is 14.3 Å². The smallest absolute Gasteiger partial charge is 0.245 e. The molecule has 0 aromatic carbocycles. The highest BCUT2D eigenvalue weighted by Gasteiger charge is 2.31. The van der Waals surface area contributed by atoms with E-state index in [1.807, 2.05) is 6.92 Å². The van der Waals surface area contributed by atoms with Gasteiger partial charge in [0.2, 0.25) is 11.8 Å². The van der Waals surface area contributed by atoms with Gasteiger partial charge in [0, 0.05) is 25.0 Å². The zero-order valence-corrected chi connectivity index (χ0v) is 12.1. The maximum absolute atomic E-state index is 12.4. The van der Waals surface area contributed by atoms with Gasteiger partial charge in [-0.2, -0.15) is 0 Å². The first kappa shape index (κ1) is 15.3. The van der Waals surface area contributed by atoms with Crippen molar-refractivity contribution in [2.75, 3.05) is 26.3 Å². The van der Waals surface area contributed by atoms with Gasteiger partial charge in [0.15, 0.2) is 0 Å². The first-order valence-electron chi connectivity index (χ1n) is 7.54. The number of morpholine rings is 1. The van der Waals surface area contributed by atoms with Gasteiger partial charge in [-0.15, -0.1) is 0 Å². The second-order valence-electron chi connectivity index (χ2n) is 5.68. The fourth-order valence-corrected chi connectivity index (χ4v) is 2.89. The normalized spacial score (nSPS) is 28.2. The summed E-state index contributed by atoms with van der Waals surface area (Å²) in [4.78, 5) is 26.3. The molecule has 3 atom stereocenters. The Bertz CT molecular complexity index is 356. The molecule has 1 saturated heterocycles. The predicted octanol–water partition coefficient (Wildman–Crippen LogP) is -0.133. The highest BCUT2D eigenvalue weighted by Crippen LogP contribution is 2.24. The molecule has 0 spiro atoms. The average Bonchev–Trinajstić information content (AvgIpc) is 2.91. The molecular formula is C14H25N3O3. The lowest BCUT2D eigenvalue weighted by atomic mass is 10.1. The molecular weight excluding hydrogens is 258 g/mol. The molecule has 0 radical (unpaired) electrons. The number of nitrogens with one attached hydrogen (secondary N) is 1. The summed E-state index contributed by atoms with van der Waals surface area (Å²) >= 11 is 0. The fourth-order valence-electron chi connectivity index (χ4n) is 2.89. The topological polar surface area (TPSA) is 84.7 Å². The summed E-state index contributed by atoms with van der Waals surface area (Å²) in [5, 5.41) is 2.90. The Hall–Kier alpha value is -1.14. The van der Waals surface area contributed by atoms with E-state index in [9.17, 15) is 9.59 Å². The Morgan fingerprint density at radius 1 is 1.35 bits per heavy atom. The SMILES string of the molecule is CCC(NC(=O)C1CCC(N)C1)C(=O)N1CCOCC1. The largest absolute Gasteiger partial charge is 0.378 e. The molecule has 0 aromatic rings. The summed E-state index contributed by atoms with van der Waals surface area (Å²) in [5.41, 5.74) is 5.83. The Morgan fingerprint density at radius 2 is 2.05 bits per heavy atom. The second-order valence-corrected chi connectivity index (χ2v) is 5.68. The molecule has 3 unspecified atom stereocenters. The van der Waals surface area contributed by atoms with Gasteiger partial charge in [0.1, 0.15) is 6.04 Å². The van der Waals surface area contributed by atoms with E-state index in [1.165, 1.54) is 0 Å². The minimum atomic E-state index is -0.419.